The van der Waals surface area contributed by atoms with Gasteiger partial charge in [-0.15, -0.1) is 11.3 Å². The number of aliphatic carboxylic acids is 1. The van der Waals surface area contributed by atoms with E-state index in [0.717, 1.165) is 17.7 Å². The van der Waals surface area contributed by atoms with Gasteiger partial charge in [0.15, 0.2) is 0 Å². The molecule has 2 N–H and O–H groups in total. The van der Waals surface area contributed by atoms with Crippen LogP contribution in [0.2, 0.25) is 0 Å². The molecule has 21 heavy (non-hydrogen) atoms. The van der Waals surface area contributed by atoms with Crippen LogP contribution in [0.25, 0.3) is 0 Å². The summed E-state index contributed by atoms with van der Waals surface area (Å²) in [6, 6.07) is 3.55. The van der Waals surface area contributed by atoms with Crippen LogP contribution in [-0.4, -0.2) is 47.2 Å². The quantitative estimate of drug-likeness (QED) is 0.784. The van der Waals surface area contributed by atoms with E-state index in [1.165, 1.54) is 0 Å². The number of rotatable bonds is 7. The second-order valence-corrected chi connectivity index (χ2v) is 5.71. The molecule has 1 fully saturated rings. The molecule has 1 aliphatic rings. The third kappa shape index (κ3) is 5.16. The second kappa shape index (κ2) is 7.19. The number of carboxylic acids is 1. The van der Waals surface area contributed by atoms with Crippen molar-refractivity contribution in [1.29, 1.82) is 0 Å². The van der Waals surface area contributed by atoms with Gasteiger partial charge < -0.3 is 14.7 Å². The van der Waals surface area contributed by atoms with Crippen LogP contribution >= 0.6 is 11.3 Å². The molecule has 1 saturated carbocycles. The molecule has 0 spiro atoms. The molecule has 1 heterocycles. The fraction of sp³-hybridized carbons (Fsp3) is 0.462. The molecule has 0 saturated heterocycles. The van der Waals surface area contributed by atoms with Gasteiger partial charge in [-0.3, -0.25) is 10.1 Å². The molecule has 0 aliphatic heterocycles. The van der Waals surface area contributed by atoms with Crippen LogP contribution in [0.15, 0.2) is 17.5 Å². The van der Waals surface area contributed by atoms with Crippen molar-refractivity contribution < 1.29 is 24.2 Å². The molecular formula is C13H16N2O5S. The van der Waals surface area contributed by atoms with E-state index in [9.17, 15) is 14.4 Å². The zero-order valence-corrected chi connectivity index (χ0v) is 12.1. The van der Waals surface area contributed by atoms with Crippen molar-refractivity contribution in [3.63, 3.8) is 0 Å². The van der Waals surface area contributed by atoms with Crippen molar-refractivity contribution in [1.82, 2.24) is 10.2 Å². The fourth-order valence-electron chi connectivity index (χ4n) is 1.78. The third-order valence-electron chi connectivity index (χ3n) is 2.86. The van der Waals surface area contributed by atoms with Crippen molar-refractivity contribution in [3.05, 3.63) is 22.4 Å². The van der Waals surface area contributed by atoms with Crippen LogP contribution in [0.3, 0.4) is 0 Å². The lowest BCUT2D eigenvalue weighted by atomic mass is 10.4. The van der Waals surface area contributed by atoms with E-state index in [1.807, 2.05) is 17.5 Å². The second-order valence-electron chi connectivity index (χ2n) is 4.68. The summed E-state index contributed by atoms with van der Waals surface area (Å²) in [5.74, 6) is -1.80. The van der Waals surface area contributed by atoms with E-state index in [4.69, 9.17) is 5.11 Å². The number of hydrogen-bond donors (Lipinski definition) is 2. The van der Waals surface area contributed by atoms with Crippen LogP contribution in [0.5, 0.6) is 0 Å². The van der Waals surface area contributed by atoms with Gasteiger partial charge in [-0.05, 0) is 24.3 Å². The molecule has 1 aliphatic carbocycles. The standard InChI is InChI=1S/C13H16N2O5S/c16-11(7-20-8-12(17)18)14-13(19)15(9-3-4-9)6-10-2-1-5-21-10/h1-2,5,9H,3-4,6-8H2,(H,17,18)(H,14,16,19). The highest BCUT2D eigenvalue weighted by molar-refractivity contribution is 7.09. The number of urea groups is 1. The Balaban J connectivity index is 1.81. The third-order valence-corrected chi connectivity index (χ3v) is 3.72. The zero-order valence-electron chi connectivity index (χ0n) is 11.3. The molecular weight excluding hydrogens is 296 g/mol. The van der Waals surface area contributed by atoms with Gasteiger partial charge in [0.05, 0.1) is 6.54 Å². The van der Waals surface area contributed by atoms with E-state index in [2.05, 4.69) is 10.1 Å². The molecule has 7 nitrogen and oxygen atoms in total. The first-order valence-electron chi connectivity index (χ1n) is 6.48. The minimum Gasteiger partial charge on any atom is -0.480 e. The Hall–Kier alpha value is -1.93. The molecule has 0 radical (unpaired) electrons. The predicted molar refractivity (Wildman–Crippen MR) is 74.9 cm³/mol. The molecule has 1 aromatic rings. The SMILES string of the molecule is O=C(O)COCC(=O)NC(=O)N(Cc1cccs1)C1CC1. The van der Waals surface area contributed by atoms with Crippen LogP contribution < -0.4 is 5.32 Å². The summed E-state index contributed by atoms with van der Waals surface area (Å²) in [4.78, 5) is 36.5. The van der Waals surface area contributed by atoms with Crippen LogP contribution in [0, 0.1) is 0 Å². The Morgan fingerprint density at radius 1 is 1.38 bits per heavy atom. The lowest BCUT2D eigenvalue weighted by molar-refractivity contribution is -0.143. The first-order valence-corrected chi connectivity index (χ1v) is 7.36. The number of hydrogen-bond acceptors (Lipinski definition) is 5. The lowest BCUT2D eigenvalue weighted by Crippen LogP contribution is -2.44. The zero-order chi connectivity index (χ0) is 15.2. The van der Waals surface area contributed by atoms with E-state index < -0.39 is 31.1 Å². The Morgan fingerprint density at radius 2 is 2.14 bits per heavy atom. The monoisotopic (exact) mass is 312 g/mol. The summed E-state index contributed by atoms with van der Waals surface area (Å²) in [6.45, 7) is -0.546. The van der Waals surface area contributed by atoms with Crippen LogP contribution in [0.1, 0.15) is 17.7 Å². The number of imide groups is 1. The number of nitrogens with one attached hydrogen (secondary N) is 1. The minimum atomic E-state index is -1.16. The number of ether oxygens (including phenoxy) is 1. The molecule has 0 aromatic carbocycles. The smallest absolute Gasteiger partial charge is 0.329 e. The molecule has 2 rings (SSSR count). The summed E-state index contributed by atoms with van der Waals surface area (Å²) in [5, 5.41) is 12.5. The molecule has 8 heteroatoms. The Labute approximate surface area is 125 Å². The average molecular weight is 312 g/mol. The Morgan fingerprint density at radius 3 is 2.71 bits per heavy atom. The molecule has 0 atom stereocenters. The summed E-state index contributed by atoms with van der Waals surface area (Å²) in [6.07, 6.45) is 1.87. The maximum Gasteiger partial charge on any atom is 0.329 e. The highest BCUT2D eigenvalue weighted by Gasteiger charge is 2.33. The maximum atomic E-state index is 12.1. The van der Waals surface area contributed by atoms with Gasteiger partial charge in [-0.25, -0.2) is 9.59 Å². The maximum absolute atomic E-state index is 12.1. The van der Waals surface area contributed by atoms with Crippen molar-refractivity contribution in [2.45, 2.75) is 25.4 Å². The normalized spacial score (nSPS) is 13.7. The van der Waals surface area contributed by atoms with E-state index in [1.54, 1.807) is 16.2 Å². The summed E-state index contributed by atoms with van der Waals surface area (Å²) >= 11 is 1.55. The number of nitrogens with zero attached hydrogens (tertiary/aromatic N) is 1. The van der Waals surface area contributed by atoms with E-state index >= 15 is 0 Å². The molecule has 3 amide bonds. The van der Waals surface area contributed by atoms with Crippen molar-refractivity contribution >= 4 is 29.2 Å². The number of carboxylic acid groups (broad SMARTS) is 1. The molecule has 0 unspecified atom stereocenters. The van der Waals surface area contributed by atoms with Gasteiger partial charge in [0.1, 0.15) is 13.2 Å². The first-order chi connectivity index (χ1) is 10.1. The number of amides is 3. The summed E-state index contributed by atoms with van der Waals surface area (Å²) < 4.78 is 4.64. The first kappa shape index (κ1) is 15.5. The Kier molecular flexibility index (Phi) is 5.29. The van der Waals surface area contributed by atoms with Gasteiger partial charge in [0, 0.05) is 10.9 Å². The molecule has 114 valence electrons. The predicted octanol–water partition coefficient (Wildman–Crippen LogP) is 1.05. The highest BCUT2D eigenvalue weighted by Crippen LogP contribution is 2.29. The van der Waals surface area contributed by atoms with Crippen LogP contribution in [0.4, 0.5) is 4.79 Å². The van der Waals surface area contributed by atoms with Crippen molar-refractivity contribution in [2.24, 2.45) is 0 Å². The average Bonchev–Trinajstić information content (AvgIpc) is 3.12. The van der Waals surface area contributed by atoms with E-state index in [-0.39, 0.29) is 6.04 Å². The fourth-order valence-corrected chi connectivity index (χ4v) is 2.48. The van der Waals surface area contributed by atoms with Gasteiger partial charge in [-0.2, -0.15) is 0 Å². The van der Waals surface area contributed by atoms with Gasteiger partial charge >= 0.3 is 12.0 Å². The van der Waals surface area contributed by atoms with Gasteiger partial charge in [0.25, 0.3) is 5.91 Å². The number of carbonyl (C=O) groups excluding carboxylic acids is 2. The number of carbonyl (C=O) groups is 3. The van der Waals surface area contributed by atoms with E-state index in [0.29, 0.717) is 6.54 Å². The summed E-state index contributed by atoms with van der Waals surface area (Å²) in [7, 11) is 0. The Bertz CT molecular complexity index is 513. The van der Waals surface area contributed by atoms with Crippen molar-refractivity contribution in [3.8, 4) is 0 Å². The van der Waals surface area contributed by atoms with Crippen LogP contribution in [-0.2, 0) is 20.9 Å². The molecule has 0 bridgehead atoms. The van der Waals surface area contributed by atoms with Gasteiger partial charge in [0.2, 0.25) is 0 Å². The lowest BCUT2D eigenvalue weighted by Gasteiger charge is -2.21. The van der Waals surface area contributed by atoms with Gasteiger partial charge in [-0.1, -0.05) is 6.07 Å². The minimum absolute atomic E-state index is 0.167. The number of thiophene rings is 1. The molecule has 1 aromatic heterocycles. The summed E-state index contributed by atoms with van der Waals surface area (Å²) in [5.41, 5.74) is 0. The van der Waals surface area contributed by atoms with Crippen molar-refractivity contribution in [2.75, 3.05) is 13.2 Å². The largest absolute Gasteiger partial charge is 0.480 e. The topological polar surface area (TPSA) is 95.9 Å². The highest BCUT2D eigenvalue weighted by atomic mass is 32.1.